The molecule has 0 saturated carbocycles. The van der Waals surface area contributed by atoms with Gasteiger partial charge >= 0.3 is 0 Å². The van der Waals surface area contributed by atoms with Gasteiger partial charge in [-0.05, 0) is 12.8 Å². The first kappa shape index (κ1) is 14.8. The molecule has 4 heteroatoms. The maximum Gasteiger partial charge on any atom is 0.0226 e. The van der Waals surface area contributed by atoms with E-state index in [1.807, 2.05) is 0 Å². The molecule has 0 amide bonds. The maximum atomic E-state index is 6.79. The molecule has 2 nitrogen and oxygen atoms in total. The molecule has 1 aromatic rings. The molecule has 0 saturated heterocycles. The van der Waals surface area contributed by atoms with Crippen molar-refractivity contribution in [3.8, 4) is 5.92 Å². The summed E-state index contributed by atoms with van der Waals surface area (Å²) in [6.45, 7) is 0. The minimum atomic E-state index is 0. The largest absolute Gasteiger partial charge is 0.694 e. The zero-order valence-electron chi connectivity index (χ0n) is 7.88. The van der Waals surface area contributed by atoms with E-state index in [1.165, 1.54) is 0 Å². The molecule has 0 spiro atoms. The standard InChI is InChI=1S/C10H8N2.2Y/c1-2-4-10-11-7-8-5-3-6-9(8)12-10;;/h3-6H2;;/q-2;;. The SMILES string of the molecule is [C-]#CCc1n[c-]c2c(n1)CCC2.[Y].[Y]. The Morgan fingerprint density at radius 1 is 1.36 bits per heavy atom. The Morgan fingerprint density at radius 3 is 2.86 bits per heavy atom. The second kappa shape index (κ2) is 7.18. The van der Waals surface area contributed by atoms with Gasteiger partial charge in [0.15, 0.2) is 0 Å². The van der Waals surface area contributed by atoms with E-state index in [9.17, 15) is 0 Å². The first-order valence-electron chi connectivity index (χ1n) is 4.06. The summed E-state index contributed by atoms with van der Waals surface area (Å²) in [4.78, 5) is 8.34. The summed E-state index contributed by atoms with van der Waals surface area (Å²) in [5.74, 6) is 2.95. The average molecular weight is 334 g/mol. The van der Waals surface area contributed by atoms with E-state index in [-0.39, 0.29) is 65.4 Å². The van der Waals surface area contributed by atoms with Gasteiger partial charge < -0.3 is 22.3 Å². The smallest absolute Gasteiger partial charge is 0.0226 e. The molecule has 1 heterocycles. The number of rotatable bonds is 1. The van der Waals surface area contributed by atoms with Gasteiger partial charge in [0.1, 0.15) is 0 Å². The van der Waals surface area contributed by atoms with Gasteiger partial charge in [-0.2, -0.15) is 0 Å². The summed E-state index contributed by atoms with van der Waals surface area (Å²) in [6, 6.07) is 0. The van der Waals surface area contributed by atoms with Crippen molar-refractivity contribution in [3.05, 3.63) is 29.7 Å². The fourth-order valence-electron chi connectivity index (χ4n) is 1.44. The molecule has 1 aromatic heterocycles. The van der Waals surface area contributed by atoms with Crippen molar-refractivity contribution in [3.63, 3.8) is 0 Å². The van der Waals surface area contributed by atoms with Crippen molar-refractivity contribution < 1.29 is 65.4 Å². The molecule has 0 bridgehead atoms. The molecule has 0 unspecified atom stereocenters. The van der Waals surface area contributed by atoms with E-state index < -0.39 is 0 Å². The van der Waals surface area contributed by atoms with Gasteiger partial charge in [-0.25, -0.2) is 0 Å². The van der Waals surface area contributed by atoms with Gasteiger partial charge in [-0.1, -0.05) is 24.7 Å². The van der Waals surface area contributed by atoms with E-state index in [0.29, 0.717) is 12.2 Å². The zero-order chi connectivity index (χ0) is 8.39. The zero-order valence-corrected chi connectivity index (χ0v) is 13.6. The van der Waals surface area contributed by atoms with Gasteiger partial charge in [0.25, 0.3) is 0 Å². The predicted molar refractivity (Wildman–Crippen MR) is 43.7 cm³/mol. The summed E-state index contributed by atoms with van der Waals surface area (Å²) >= 11 is 0. The summed E-state index contributed by atoms with van der Waals surface area (Å²) in [6.07, 6.45) is 13.4. The molecular formula is C10H8N2Y2-2. The van der Waals surface area contributed by atoms with Crippen molar-refractivity contribution in [2.24, 2.45) is 0 Å². The Labute approximate surface area is 135 Å². The average Bonchev–Trinajstić information content (AvgIpc) is 2.51. The normalized spacial score (nSPS) is 11.9. The minimum Gasteiger partial charge on any atom is -0.694 e. The predicted octanol–water partition coefficient (Wildman–Crippen LogP) is 0.893. The monoisotopic (exact) mass is 334 g/mol. The fourth-order valence-corrected chi connectivity index (χ4v) is 1.44. The van der Waals surface area contributed by atoms with Gasteiger partial charge in [0.05, 0.1) is 0 Å². The van der Waals surface area contributed by atoms with Crippen LogP contribution in [0.1, 0.15) is 23.5 Å². The van der Waals surface area contributed by atoms with Crippen molar-refractivity contribution in [1.82, 2.24) is 9.97 Å². The first-order valence-corrected chi connectivity index (χ1v) is 4.06. The third-order valence-corrected chi connectivity index (χ3v) is 2.02. The summed E-state index contributed by atoms with van der Waals surface area (Å²) in [5.41, 5.74) is 2.28. The van der Waals surface area contributed by atoms with E-state index in [1.54, 1.807) is 0 Å². The number of nitrogens with zero attached hydrogens (tertiary/aromatic N) is 2. The molecule has 2 radical (unpaired) electrons. The van der Waals surface area contributed by atoms with E-state index in [4.69, 9.17) is 6.42 Å². The van der Waals surface area contributed by atoms with Crippen molar-refractivity contribution >= 4 is 0 Å². The van der Waals surface area contributed by atoms with Crippen LogP contribution >= 0.6 is 0 Å². The number of hydrogen-bond donors (Lipinski definition) is 0. The van der Waals surface area contributed by atoms with Crippen LogP contribution in [0.2, 0.25) is 0 Å². The Kier molecular flexibility index (Phi) is 7.61. The van der Waals surface area contributed by atoms with Crippen LogP contribution in [-0.4, -0.2) is 9.97 Å². The van der Waals surface area contributed by atoms with Crippen LogP contribution in [0.15, 0.2) is 0 Å². The minimum absolute atomic E-state index is 0. The number of hydrogen-bond acceptors (Lipinski definition) is 2. The topological polar surface area (TPSA) is 25.8 Å². The molecule has 0 N–H and O–H groups in total. The van der Waals surface area contributed by atoms with Crippen molar-refractivity contribution in [2.45, 2.75) is 25.7 Å². The Balaban J connectivity index is 0.000000845. The molecule has 1 aliphatic rings. The van der Waals surface area contributed by atoms with E-state index in [2.05, 4.69) is 22.1 Å². The van der Waals surface area contributed by atoms with Gasteiger partial charge in [0.2, 0.25) is 0 Å². The van der Waals surface area contributed by atoms with Gasteiger partial charge in [0, 0.05) is 71.2 Å². The molecule has 0 aromatic carbocycles. The van der Waals surface area contributed by atoms with Crippen LogP contribution in [0.3, 0.4) is 0 Å². The Bertz CT molecular complexity index is 344. The molecule has 0 atom stereocenters. The van der Waals surface area contributed by atoms with Crippen LogP contribution in [0, 0.1) is 18.5 Å². The summed E-state index contributed by atoms with van der Waals surface area (Å²) < 4.78 is 0. The van der Waals surface area contributed by atoms with Gasteiger partial charge in [-0.15, -0.1) is 5.56 Å². The summed E-state index contributed by atoms with van der Waals surface area (Å²) in [5, 5.41) is 0. The fraction of sp³-hybridized carbons (Fsp3) is 0.400. The maximum absolute atomic E-state index is 6.79. The molecule has 0 aliphatic heterocycles. The quantitative estimate of drug-likeness (QED) is 0.563. The van der Waals surface area contributed by atoms with E-state index in [0.717, 1.165) is 30.5 Å². The number of aromatic nitrogens is 2. The van der Waals surface area contributed by atoms with Crippen LogP contribution < -0.4 is 0 Å². The first-order chi connectivity index (χ1) is 5.90. The van der Waals surface area contributed by atoms with Crippen LogP contribution in [0.4, 0.5) is 0 Å². The third-order valence-electron chi connectivity index (χ3n) is 2.02. The van der Waals surface area contributed by atoms with E-state index >= 15 is 0 Å². The Morgan fingerprint density at radius 2 is 2.14 bits per heavy atom. The summed E-state index contributed by atoms with van der Waals surface area (Å²) in [7, 11) is 0. The van der Waals surface area contributed by atoms with Gasteiger partial charge in [-0.3, -0.25) is 0 Å². The molecule has 0 fully saturated rings. The number of fused-ring (bicyclic) bond motifs is 1. The molecule has 66 valence electrons. The second-order valence-corrected chi connectivity index (χ2v) is 2.88. The van der Waals surface area contributed by atoms with Crippen LogP contribution in [-0.2, 0) is 84.7 Å². The van der Waals surface area contributed by atoms with Crippen LogP contribution in [0.5, 0.6) is 0 Å². The molecule has 2 rings (SSSR count). The third kappa shape index (κ3) is 3.45. The van der Waals surface area contributed by atoms with Crippen molar-refractivity contribution in [1.29, 1.82) is 0 Å². The Hall–Kier alpha value is 0.848. The molecule has 1 aliphatic carbocycles. The van der Waals surface area contributed by atoms with Crippen LogP contribution in [0.25, 0.3) is 0 Å². The second-order valence-electron chi connectivity index (χ2n) is 2.88. The molecular weight excluding hydrogens is 326 g/mol. The number of aryl methyl sites for hydroxylation is 2. The molecule has 14 heavy (non-hydrogen) atoms. The van der Waals surface area contributed by atoms with Crippen molar-refractivity contribution in [2.75, 3.05) is 0 Å².